The second kappa shape index (κ2) is 6.73. The first-order chi connectivity index (χ1) is 9.15. The Kier molecular flexibility index (Phi) is 4.99. The van der Waals surface area contributed by atoms with Crippen LogP contribution in [0.4, 0.5) is 6.01 Å². The minimum absolute atomic E-state index is 0.646. The molecule has 0 saturated heterocycles. The molecule has 0 aliphatic rings. The van der Waals surface area contributed by atoms with Gasteiger partial charge in [0.05, 0.1) is 5.69 Å². The minimum Gasteiger partial charge on any atom is -0.432 e. The zero-order valence-electron chi connectivity index (χ0n) is 11.7. The summed E-state index contributed by atoms with van der Waals surface area (Å²) in [5, 5.41) is 7.59. The van der Waals surface area contributed by atoms with Crippen molar-refractivity contribution in [3.8, 4) is 0 Å². The van der Waals surface area contributed by atoms with Crippen LogP contribution in [0.25, 0.3) is 0 Å². The van der Waals surface area contributed by atoms with E-state index in [9.17, 15) is 0 Å². The number of nitrogens with zero attached hydrogens (tertiary/aromatic N) is 2. The van der Waals surface area contributed by atoms with Crippen LogP contribution < -0.4 is 10.2 Å². The van der Waals surface area contributed by atoms with Crippen LogP contribution in [0.1, 0.15) is 25.1 Å². The third-order valence-corrected chi connectivity index (χ3v) is 3.46. The molecule has 2 rings (SSSR count). The standard InChI is InChI=1S/C14H21N3OS/c1-11(2)6-15-7-13-9-18-14(16-13)17(3)8-12-4-5-19-10-12/h4-5,9-11,15H,6-8H2,1-3H3. The maximum absolute atomic E-state index is 5.51. The molecule has 2 aromatic heterocycles. The van der Waals surface area contributed by atoms with Crippen molar-refractivity contribution in [2.24, 2.45) is 5.92 Å². The second-order valence-electron chi connectivity index (χ2n) is 5.13. The van der Waals surface area contributed by atoms with Gasteiger partial charge < -0.3 is 14.6 Å². The molecular weight excluding hydrogens is 258 g/mol. The first-order valence-electron chi connectivity index (χ1n) is 6.52. The fourth-order valence-corrected chi connectivity index (χ4v) is 2.43. The van der Waals surface area contributed by atoms with E-state index in [1.54, 1.807) is 17.6 Å². The number of oxazole rings is 1. The Labute approximate surface area is 118 Å². The molecule has 0 unspecified atom stereocenters. The zero-order chi connectivity index (χ0) is 13.7. The van der Waals surface area contributed by atoms with Gasteiger partial charge in [-0.15, -0.1) is 0 Å². The molecule has 19 heavy (non-hydrogen) atoms. The summed E-state index contributed by atoms with van der Waals surface area (Å²) in [6, 6.07) is 2.79. The van der Waals surface area contributed by atoms with Crippen LogP contribution in [-0.2, 0) is 13.1 Å². The van der Waals surface area contributed by atoms with Crippen LogP contribution in [0.15, 0.2) is 27.5 Å². The molecule has 104 valence electrons. The fraction of sp³-hybridized carbons (Fsp3) is 0.500. The van der Waals surface area contributed by atoms with Gasteiger partial charge in [0, 0.05) is 20.1 Å². The minimum atomic E-state index is 0.646. The van der Waals surface area contributed by atoms with Crippen LogP contribution >= 0.6 is 11.3 Å². The fourth-order valence-electron chi connectivity index (χ4n) is 1.77. The molecule has 0 spiro atoms. The van der Waals surface area contributed by atoms with Crippen LogP contribution in [0.2, 0.25) is 0 Å². The predicted molar refractivity (Wildman–Crippen MR) is 79.5 cm³/mol. The van der Waals surface area contributed by atoms with Gasteiger partial charge in [0.15, 0.2) is 0 Å². The monoisotopic (exact) mass is 279 g/mol. The Bertz CT molecular complexity index is 479. The van der Waals surface area contributed by atoms with Crippen molar-refractivity contribution in [2.45, 2.75) is 26.9 Å². The summed E-state index contributed by atoms with van der Waals surface area (Å²) in [5.41, 5.74) is 2.23. The van der Waals surface area contributed by atoms with Crippen LogP contribution in [0, 0.1) is 5.92 Å². The number of aromatic nitrogens is 1. The van der Waals surface area contributed by atoms with Crippen LogP contribution in [0.5, 0.6) is 0 Å². The molecule has 0 atom stereocenters. The molecule has 2 aromatic rings. The van der Waals surface area contributed by atoms with Crippen molar-refractivity contribution in [3.63, 3.8) is 0 Å². The number of nitrogens with one attached hydrogen (secondary N) is 1. The van der Waals surface area contributed by atoms with Gasteiger partial charge in [-0.25, -0.2) is 0 Å². The summed E-state index contributed by atoms with van der Waals surface area (Å²) >= 11 is 1.71. The van der Waals surface area contributed by atoms with Gasteiger partial charge in [0.2, 0.25) is 0 Å². The van der Waals surface area contributed by atoms with E-state index in [2.05, 4.69) is 41.0 Å². The normalized spacial score (nSPS) is 11.2. The molecule has 0 aliphatic heterocycles. The Hall–Kier alpha value is -1.33. The lowest BCUT2D eigenvalue weighted by Gasteiger charge is -2.12. The molecule has 2 heterocycles. The van der Waals surface area contributed by atoms with Gasteiger partial charge in [-0.1, -0.05) is 13.8 Å². The van der Waals surface area contributed by atoms with E-state index in [-0.39, 0.29) is 0 Å². The van der Waals surface area contributed by atoms with Crippen molar-refractivity contribution >= 4 is 17.4 Å². The number of hydrogen-bond acceptors (Lipinski definition) is 5. The van der Waals surface area contributed by atoms with E-state index in [0.717, 1.165) is 25.3 Å². The van der Waals surface area contributed by atoms with Gasteiger partial charge in [0.1, 0.15) is 6.26 Å². The predicted octanol–water partition coefficient (Wildman–Crippen LogP) is 3.12. The highest BCUT2D eigenvalue weighted by atomic mass is 32.1. The summed E-state index contributed by atoms with van der Waals surface area (Å²) in [4.78, 5) is 6.51. The van der Waals surface area contributed by atoms with Gasteiger partial charge in [-0.3, -0.25) is 0 Å². The molecule has 0 aromatic carbocycles. The van der Waals surface area contributed by atoms with Crippen molar-refractivity contribution in [2.75, 3.05) is 18.5 Å². The molecule has 0 amide bonds. The lowest BCUT2D eigenvalue weighted by atomic mass is 10.2. The molecule has 5 heteroatoms. The van der Waals surface area contributed by atoms with Crippen LogP contribution in [0.3, 0.4) is 0 Å². The van der Waals surface area contributed by atoms with E-state index in [4.69, 9.17) is 4.42 Å². The molecule has 0 aliphatic carbocycles. The van der Waals surface area contributed by atoms with Gasteiger partial charge in [-0.2, -0.15) is 16.3 Å². The molecule has 0 saturated carbocycles. The first kappa shape index (κ1) is 14.1. The third kappa shape index (κ3) is 4.36. The summed E-state index contributed by atoms with van der Waals surface area (Å²) in [5.74, 6) is 0.646. The van der Waals surface area contributed by atoms with E-state index in [1.165, 1.54) is 5.56 Å². The Morgan fingerprint density at radius 3 is 3.00 bits per heavy atom. The second-order valence-corrected chi connectivity index (χ2v) is 5.91. The number of thiophene rings is 1. The average molecular weight is 279 g/mol. The van der Waals surface area contributed by atoms with Gasteiger partial charge >= 0.3 is 0 Å². The zero-order valence-corrected chi connectivity index (χ0v) is 12.5. The Morgan fingerprint density at radius 1 is 1.47 bits per heavy atom. The summed E-state index contributed by atoms with van der Waals surface area (Å²) < 4.78 is 5.51. The largest absolute Gasteiger partial charge is 0.432 e. The molecule has 1 N–H and O–H groups in total. The molecule has 4 nitrogen and oxygen atoms in total. The lowest BCUT2D eigenvalue weighted by molar-refractivity contribution is 0.535. The number of rotatable bonds is 7. The number of anilines is 1. The van der Waals surface area contributed by atoms with Crippen molar-refractivity contribution in [3.05, 3.63) is 34.3 Å². The summed E-state index contributed by atoms with van der Waals surface area (Å²) in [6.07, 6.45) is 1.73. The average Bonchev–Trinajstić information content (AvgIpc) is 2.99. The molecule has 0 radical (unpaired) electrons. The topological polar surface area (TPSA) is 41.3 Å². The van der Waals surface area contributed by atoms with Gasteiger partial charge in [-0.05, 0) is 34.9 Å². The smallest absolute Gasteiger partial charge is 0.297 e. The summed E-state index contributed by atoms with van der Waals surface area (Å²) in [7, 11) is 1.99. The SMILES string of the molecule is CC(C)CNCc1coc(N(C)Cc2ccsc2)n1. The van der Waals surface area contributed by atoms with Gasteiger partial charge in [0.25, 0.3) is 6.01 Å². The maximum atomic E-state index is 5.51. The maximum Gasteiger partial charge on any atom is 0.297 e. The summed E-state index contributed by atoms with van der Waals surface area (Å²) in [6.45, 7) is 6.95. The molecular formula is C14H21N3OS. The Balaban J connectivity index is 1.85. The van der Waals surface area contributed by atoms with Crippen molar-refractivity contribution in [1.29, 1.82) is 0 Å². The third-order valence-electron chi connectivity index (χ3n) is 2.72. The highest BCUT2D eigenvalue weighted by Gasteiger charge is 2.09. The van der Waals surface area contributed by atoms with E-state index in [0.29, 0.717) is 11.9 Å². The highest BCUT2D eigenvalue weighted by Crippen LogP contribution is 2.16. The highest BCUT2D eigenvalue weighted by molar-refractivity contribution is 7.07. The lowest BCUT2D eigenvalue weighted by Crippen LogP contribution is -2.19. The Morgan fingerprint density at radius 2 is 2.32 bits per heavy atom. The number of hydrogen-bond donors (Lipinski definition) is 1. The van der Waals surface area contributed by atoms with E-state index < -0.39 is 0 Å². The quantitative estimate of drug-likeness (QED) is 0.845. The first-order valence-corrected chi connectivity index (χ1v) is 7.46. The van der Waals surface area contributed by atoms with Crippen molar-refractivity contribution in [1.82, 2.24) is 10.3 Å². The van der Waals surface area contributed by atoms with Crippen LogP contribution in [-0.4, -0.2) is 18.6 Å². The van der Waals surface area contributed by atoms with E-state index in [1.807, 2.05) is 11.9 Å². The molecule has 0 bridgehead atoms. The molecule has 0 fully saturated rings. The van der Waals surface area contributed by atoms with E-state index >= 15 is 0 Å². The van der Waals surface area contributed by atoms with Crippen molar-refractivity contribution < 1.29 is 4.42 Å².